The Bertz CT molecular complexity index is 1580. The molecule has 0 fully saturated rings. The zero-order chi connectivity index (χ0) is 29.4. The summed E-state index contributed by atoms with van der Waals surface area (Å²) in [6.07, 6.45) is 5.13. The van der Waals surface area contributed by atoms with Crippen LogP contribution in [0.15, 0.2) is 65.8 Å². The maximum Gasteiger partial charge on any atom is 0.331 e. The highest BCUT2D eigenvalue weighted by molar-refractivity contribution is 6.46. The van der Waals surface area contributed by atoms with Gasteiger partial charge in [0.15, 0.2) is 5.78 Å². The van der Waals surface area contributed by atoms with Crippen LogP contribution in [0.5, 0.6) is 0 Å². The number of methoxy groups -OCH3 is 1. The van der Waals surface area contributed by atoms with Gasteiger partial charge in [-0.25, -0.2) is 4.79 Å². The zero-order valence-corrected chi connectivity index (χ0v) is 24.4. The Kier molecular flexibility index (Phi) is 10.2. The predicted octanol–water partition coefficient (Wildman–Crippen LogP) is 7.44. The van der Waals surface area contributed by atoms with Gasteiger partial charge in [0.25, 0.3) is 0 Å². The highest BCUT2D eigenvalue weighted by Gasteiger charge is 2.20. The highest BCUT2D eigenvalue weighted by atomic mass is 16.7. The van der Waals surface area contributed by atoms with Crippen molar-refractivity contribution >= 4 is 45.1 Å². The molecule has 0 aliphatic carbocycles. The van der Waals surface area contributed by atoms with Gasteiger partial charge in [-0.05, 0) is 62.6 Å². The number of carbonyl (C=O) groups is 3. The molecule has 0 atom stereocenters. The fourth-order valence-corrected chi connectivity index (χ4v) is 5.07. The van der Waals surface area contributed by atoms with Crippen molar-refractivity contribution in [3.8, 4) is 0 Å². The number of rotatable bonds is 14. The number of nitrogens with zero attached hydrogens (tertiary/aromatic N) is 2. The maximum absolute atomic E-state index is 13.6. The molecule has 0 spiro atoms. The molecule has 3 aromatic carbocycles. The van der Waals surface area contributed by atoms with Gasteiger partial charge in [0.05, 0.1) is 0 Å². The summed E-state index contributed by atoms with van der Waals surface area (Å²) < 4.78 is 7.49. The van der Waals surface area contributed by atoms with Crippen molar-refractivity contribution in [3.05, 3.63) is 82.9 Å². The smallest absolute Gasteiger partial charge is 0.331 e. The number of Topliss-reactive ketones (excluding diaryl/α,β-unsaturated/α-hetero) is 1. The van der Waals surface area contributed by atoms with Gasteiger partial charge in [-0.2, -0.15) is 0 Å². The Balaban J connectivity index is 1.78. The molecule has 0 saturated heterocycles. The van der Waals surface area contributed by atoms with Gasteiger partial charge in [-0.3, -0.25) is 9.59 Å². The van der Waals surface area contributed by atoms with Gasteiger partial charge in [-0.1, -0.05) is 61.2 Å². The summed E-state index contributed by atoms with van der Waals surface area (Å²) in [6, 6.07) is 18.9. The summed E-state index contributed by atoms with van der Waals surface area (Å²) in [4.78, 5) is 43.3. The fourth-order valence-electron chi connectivity index (χ4n) is 5.07. The molecule has 214 valence electrons. The van der Waals surface area contributed by atoms with E-state index in [0.717, 1.165) is 66.0 Å². The van der Waals surface area contributed by atoms with Crippen LogP contribution in [0.1, 0.15) is 84.2 Å². The summed E-state index contributed by atoms with van der Waals surface area (Å²) in [6.45, 7) is 6.73. The van der Waals surface area contributed by atoms with Gasteiger partial charge in [0, 0.05) is 65.7 Å². The van der Waals surface area contributed by atoms with Gasteiger partial charge in [0.2, 0.25) is 5.78 Å². The van der Waals surface area contributed by atoms with E-state index in [1.165, 1.54) is 6.92 Å². The normalized spacial score (nSPS) is 11.8. The quantitative estimate of drug-likeness (QED) is 0.0531. The molecule has 0 aliphatic heterocycles. The van der Waals surface area contributed by atoms with Crippen LogP contribution in [0, 0.1) is 6.92 Å². The van der Waals surface area contributed by atoms with Crippen LogP contribution in [-0.4, -0.2) is 41.5 Å². The van der Waals surface area contributed by atoms with Crippen LogP contribution in [0.2, 0.25) is 0 Å². The molecule has 0 aliphatic rings. The minimum atomic E-state index is -0.566. The van der Waals surface area contributed by atoms with E-state index in [4.69, 9.17) is 9.57 Å². The Morgan fingerprint density at radius 1 is 0.805 bits per heavy atom. The van der Waals surface area contributed by atoms with Crippen LogP contribution >= 0.6 is 0 Å². The fraction of sp³-hybridized carbons (Fsp3) is 0.353. The van der Waals surface area contributed by atoms with E-state index >= 15 is 0 Å². The van der Waals surface area contributed by atoms with Crippen molar-refractivity contribution in [2.75, 3.05) is 13.7 Å². The molecule has 0 radical (unpaired) electrons. The van der Waals surface area contributed by atoms with Crippen LogP contribution < -0.4 is 0 Å². The lowest BCUT2D eigenvalue weighted by atomic mass is 9.98. The number of hydrogen-bond acceptors (Lipinski definition) is 6. The Labute approximate surface area is 241 Å². The molecule has 7 nitrogen and oxygen atoms in total. The van der Waals surface area contributed by atoms with E-state index in [1.807, 2.05) is 61.5 Å². The van der Waals surface area contributed by atoms with Crippen molar-refractivity contribution in [3.63, 3.8) is 0 Å². The monoisotopic (exact) mass is 554 g/mol. The van der Waals surface area contributed by atoms with Gasteiger partial charge in [0.1, 0.15) is 5.71 Å². The molecular weight excluding hydrogens is 516 g/mol. The van der Waals surface area contributed by atoms with E-state index in [-0.39, 0.29) is 17.3 Å². The van der Waals surface area contributed by atoms with Crippen LogP contribution in [0.25, 0.3) is 21.8 Å². The maximum atomic E-state index is 13.6. The Hall–Kier alpha value is -4.10. The molecule has 41 heavy (non-hydrogen) atoms. The third-order valence-electron chi connectivity index (χ3n) is 7.25. The van der Waals surface area contributed by atoms with E-state index in [9.17, 15) is 14.4 Å². The second-order valence-electron chi connectivity index (χ2n) is 10.4. The predicted molar refractivity (Wildman–Crippen MR) is 163 cm³/mol. The van der Waals surface area contributed by atoms with Crippen molar-refractivity contribution in [2.45, 2.75) is 65.8 Å². The topological polar surface area (TPSA) is 87.0 Å². The lowest BCUT2D eigenvalue weighted by Crippen LogP contribution is -2.16. The first-order valence-corrected chi connectivity index (χ1v) is 14.3. The van der Waals surface area contributed by atoms with E-state index in [0.29, 0.717) is 29.7 Å². The first-order valence-electron chi connectivity index (χ1n) is 14.3. The molecule has 1 aromatic heterocycles. The standard InChI is InChI=1S/C34H38N2O5/c1-5-6-7-8-10-30(35-41-24(3)37)34(39)27-16-18-32-29(22-27)28-21-26(33(38)25-13-11-23(2)12-14-25)15-17-31(28)36(32)19-9-20-40-4/h11-18,21-22H,5-10,19-20H2,1-4H3/b35-30+. The van der Waals surface area contributed by atoms with E-state index in [2.05, 4.69) is 16.6 Å². The number of oxime groups is 1. The number of ketones is 2. The van der Waals surface area contributed by atoms with Crippen molar-refractivity contribution < 1.29 is 24.0 Å². The largest absolute Gasteiger partial charge is 0.385 e. The summed E-state index contributed by atoms with van der Waals surface area (Å²) in [7, 11) is 1.68. The zero-order valence-electron chi connectivity index (χ0n) is 24.4. The first kappa shape index (κ1) is 29.9. The molecule has 0 saturated carbocycles. The van der Waals surface area contributed by atoms with Crippen LogP contribution in [0.4, 0.5) is 0 Å². The molecule has 0 amide bonds. The number of fused-ring (bicyclic) bond motifs is 3. The number of unbranched alkanes of at least 4 members (excludes halogenated alkanes) is 3. The van der Waals surface area contributed by atoms with E-state index < -0.39 is 5.97 Å². The SMILES string of the molecule is CCCCCC/C(=N\OC(C)=O)C(=O)c1ccc2c(c1)c1cc(C(=O)c3ccc(C)cc3)ccc1n2CCCOC. The lowest BCUT2D eigenvalue weighted by molar-refractivity contribution is -0.140. The summed E-state index contributed by atoms with van der Waals surface area (Å²) in [5.41, 5.74) is 4.95. The second kappa shape index (κ2) is 14.0. The number of carbonyl (C=O) groups excluding carboxylic acids is 3. The van der Waals surface area contributed by atoms with Gasteiger partial charge < -0.3 is 14.1 Å². The minimum absolute atomic E-state index is 0.0534. The summed E-state index contributed by atoms with van der Waals surface area (Å²) >= 11 is 0. The molecule has 7 heteroatoms. The Morgan fingerprint density at radius 3 is 2.07 bits per heavy atom. The number of aryl methyl sites for hydroxylation is 2. The molecule has 1 heterocycles. The number of ether oxygens (including phenoxy) is 1. The molecule has 0 N–H and O–H groups in total. The third-order valence-corrected chi connectivity index (χ3v) is 7.25. The molecular formula is C34H38N2O5. The molecule has 4 aromatic rings. The number of aromatic nitrogens is 1. The van der Waals surface area contributed by atoms with Crippen molar-refractivity contribution in [2.24, 2.45) is 5.16 Å². The van der Waals surface area contributed by atoms with Crippen molar-refractivity contribution in [1.82, 2.24) is 4.57 Å². The van der Waals surface area contributed by atoms with E-state index in [1.54, 1.807) is 13.2 Å². The second-order valence-corrected chi connectivity index (χ2v) is 10.4. The highest BCUT2D eigenvalue weighted by Crippen LogP contribution is 2.32. The Morgan fingerprint density at radius 2 is 1.44 bits per heavy atom. The third kappa shape index (κ3) is 7.16. The average molecular weight is 555 g/mol. The van der Waals surface area contributed by atoms with Crippen molar-refractivity contribution in [1.29, 1.82) is 0 Å². The van der Waals surface area contributed by atoms with Crippen LogP contribution in [0.3, 0.4) is 0 Å². The number of hydrogen-bond donors (Lipinski definition) is 0. The number of benzene rings is 3. The minimum Gasteiger partial charge on any atom is -0.385 e. The molecule has 4 rings (SSSR count). The first-order chi connectivity index (χ1) is 19.8. The summed E-state index contributed by atoms with van der Waals surface area (Å²) in [5.74, 6) is -0.886. The molecule has 0 bridgehead atoms. The van der Waals surface area contributed by atoms with Gasteiger partial charge in [-0.15, -0.1) is 0 Å². The summed E-state index contributed by atoms with van der Waals surface area (Å²) in [5, 5.41) is 5.70. The lowest BCUT2D eigenvalue weighted by Gasteiger charge is -2.08. The van der Waals surface area contributed by atoms with Gasteiger partial charge >= 0.3 is 5.97 Å². The van der Waals surface area contributed by atoms with Crippen LogP contribution in [-0.2, 0) is 20.9 Å². The average Bonchev–Trinajstić information content (AvgIpc) is 3.28. The molecule has 0 unspecified atom stereocenters.